The van der Waals surface area contributed by atoms with Crippen LogP contribution in [0.25, 0.3) is 22.6 Å². The molecule has 4 rings (SSSR count). The number of nitrogens with one attached hydrogen (secondary N) is 1. The fraction of sp³-hybridized carbons (Fsp3) is 0. The maximum Gasteiger partial charge on any atom is 0.259 e. The van der Waals surface area contributed by atoms with E-state index in [4.69, 9.17) is 0 Å². The molecule has 5 nitrogen and oxygen atoms in total. The Morgan fingerprint density at radius 2 is 1.57 bits per heavy atom. The van der Waals surface area contributed by atoms with Crippen molar-refractivity contribution in [1.29, 1.82) is 0 Å². The summed E-state index contributed by atoms with van der Waals surface area (Å²) >= 11 is 0. The van der Waals surface area contributed by atoms with Crippen molar-refractivity contribution >= 4 is 11.6 Å². The molecular formula is C22H13F3N4O. The van der Waals surface area contributed by atoms with Crippen LogP contribution in [0.3, 0.4) is 0 Å². The van der Waals surface area contributed by atoms with Gasteiger partial charge in [-0.3, -0.25) is 9.78 Å². The Labute approximate surface area is 169 Å². The lowest BCUT2D eigenvalue weighted by Gasteiger charge is -2.11. The van der Waals surface area contributed by atoms with Gasteiger partial charge >= 0.3 is 0 Å². The molecule has 148 valence electrons. The number of carbonyl (C=O) groups is 1. The molecule has 0 aliphatic rings. The van der Waals surface area contributed by atoms with Crippen LogP contribution < -0.4 is 5.32 Å². The summed E-state index contributed by atoms with van der Waals surface area (Å²) in [5, 5.41) is 2.51. The summed E-state index contributed by atoms with van der Waals surface area (Å²) in [6, 6.07) is 12.0. The third kappa shape index (κ3) is 4.02. The molecular weight excluding hydrogens is 393 g/mol. The fourth-order valence-electron chi connectivity index (χ4n) is 2.79. The van der Waals surface area contributed by atoms with Crippen LogP contribution in [-0.4, -0.2) is 20.9 Å². The lowest BCUT2D eigenvalue weighted by atomic mass is 10.1. The summed E-state index contributed by atoms with van der Waals surface area (Å²) in [6.07, 6.45) is 4.43. The Morgan fingerprint density at radius 1 is 0.833 bits per heavy atom. The summed E-state index contributed by atoms with van der Waals surface area (Å²) in [7, 11) is 0. The zero-order valence-electron chi connectivity index (χ0n) is 15.3. The van der Waals surface area contributed by atoms with Crippen molar-refractivity contribution < 1.29 is 18.0 Å². The number of pyridine rings is 1. The number of aromatic nitrogens is 3. The number of carbonyl (C=O) groups excluding carboxylic acids is 1. The molecule has 0 spiro atoms. The number of hydrogen-bond acceptors (Lipinski definition) is 4. The maximum absolute atomic E-state index is 13.5. The van der Waals surface area contributed by atoms with Crippen molar-refractivity contribution in [3.8, 4) is 22.6 Å². The van der Waals surface area contributed by atoms with Crippen LogP contribution in [0, 0.1) is 17.5 Å². The van der Waals surface area contributed by atoms with Crippen LogP contribution in [0.2, 0.25) is 0 Å². The van der Waals surface area contributed by atoms with Gasteiger partial charge in [0, 0.05) is 41.5 Å². The largest absolute Gasteiger partial charge is 0.322 e. The first kappa shape index (κ1) is 19.3. The molecule has 1 N–H and O–H groups in total. The van der Waals surface area contributed by atoms with Crippen LogP contribution in [-0.2, 0) is 0 Å². The highest BCUT2D eigenvalue weighted by Gasteiger charge is 2.18. The van der Waals surface area contributed by atoms with E-state index < -0.39 is 23.4 Å². The van der Waals surface area contributed by atoms with Crippen molar-refractivity contribution in [2.75, 3.05) is 5.32 Å². The number of halogens is 3. The number of benzene rings is 2. The smallest absolute Gasteiger partial charge is 0.259 e. The second-order valence-corrected chi connectivity index (χ2v) is 6.28. The summed E-state index contributed by atoms with van der Waals surface area (Å²) in [5.41, 5.74) is 1.69. The highest BCUT2D eigenvalue weighted by Crippen LogP contribution is 2.25. The molecule has 2 heterocycles. The van der Waals surface area contributed by atoms with E-state index in [0.29, 0.717) is 22.6 Å². The van der Waals surface area contributed by atoms with Gasteiger partial charge in [-0.15, -0.1) is 0 Å². The molecule has 0 fully saturated rings. The molecule has 0 saturated heterocycles. The first-order chi connectivity index (χ1) is 14.5. The fourth-order valence-corrected chi connectivity index (χ4v) is 2.79. The summed E-state index contributed by atoms with van der Waals surface area (Å²) in [6.45, 7) is 0. The minimum absolute atomic E-state index is 0.0854. The molecule has 2 aromatic heterocycles. The van der Waals surface area contributed by atoms with Crippen molar-refractivity contribution in [3.63, 3.8) is 0 Å². The third-order valence-electron chi connectivity index (χ3n) is 4.27. The Bertz CT molecular complexity index is 1210. The average Bonchev–Trinajstić information content (AvgIpc) is 2.77. The lowest BCUT2D eigenvalue weighted by Crippen LogP contribution is -2.15. The number of nitrogens with zero attached hydrogens (tertiary/aromatic N) is 3. The quantitative estimate of drug-likeness (QED) is 0.525. The van der Waals surface area contributed by atoms with Gasteiger partial charge in [0.15, 0.2) is 17.5 Å². The minimum atomic E-state index is -1.08. The number of anilines is 1. The lowest BCUT2D eigenvalue weighted by molar-refractivity contribution is 0.102. The number of hydrogen-bond donors (Lipinski definition) is 1. The van der Waals surface area contributed by atoms with E-state index in [1.54, 1.807) is 24.5 Å². The second kappa shape index (κ2) is 8.12. The minimum Gasteiger partial charge on any atom is -0.322 e. The van der Waals surface area contributed by atoms with Gasteiger partial charge in [0.05, 0.1) is 11.3 Å². The van der Waals surface area contributed by atoms with Crippen molar-refractivity contribution in [2.24, 2.45) is 0 Å². The molecule has 0 aliphatic carbocycles. The van der Waals surface area contributed by atoms with E-state index in [1.165, 1.54) is 36.5 Å². The molecule has 0 saturated carbocycles. The molecule has 4 aromatic rings. The number of rotatable bonds is 4. The van der Waals surface area contributed by atoms with Crippen LogP contribution in [0.4, 0.5) is 18.9 Å². The molecule has 1 amide bonds. The Balaban J connectivity index is 1.75. The van der Waals surface area contributed by atoms with Crippen molar-refractivity contribution in [2.45, 2.75) is 0 Å². The normalized spacial score (nSPS) is 10.6. The van der Waals surface area contributed by atoms with Gasteiger partial charge in [-0.2, -0.15) is 0 Å². The summed E-state index contributed by atoms with van der Waals surface area (Å²) in [5.74, 6) is -2.79. The van der Waals surface area contributed by atoms with E-state index in [1.807, 2.05) is 0 Å². The van der Waals surface area contributed by atoms with Crippen molar-refractivity contribution in [1.82, 2.24) is 15.0 Å². The predicted molar refractivity (Wildman–Crippen MR) is 105 cm³/mol. The molecule has 2 aromatic carbocycles. The van der Waals surface area contributed by atoms with Crippen LogP contribution in [0.1, 0.15) is 10.4 Å². The van der Waals surface area contributed by atoms with Gasteiger partial charge in [0.2, 0.25) is 0 Å². The Hall–Kier alpha value is -4.07. The Morgan fingerprint density at radius 3 is 2.27 bits per heavy atom. The second-order valence-electron chi connectivity index (χ2n) is 6.28. The van der Waals surface area contributed by atoms with Crippen LogP contribution >= 0.6 is 0 Å². The SMILES string of the molecule is O=C(Nc1ccc(F)c(F)c1)c1cnc(-c2ccc(F)cc2)nc1-c1ccncc1. The monoisotopic (exact) mass is 406 g/mol. The van der Waals surface area contributed by atoms with E-state index in [2.05, 4.69) is 20.3 Å². The molecule has 0 aliphatic heterocycles. The van der Waals surface area contributed by atoms with Crippen LogP contribution in [0.15, 0.2) is 73.2 Å². The highest BCUT2D eigenvalue weighted by atomic mass is 19.2. The van der Waals surface area contributed by atoms with E-state index in [9.17, 15) is 18.0 Å². The zero-order chi connectivity index (χ0) is 21.1. The van der Waals surface area contributed by atoms with Gasteiger partial charge < -0.3 is 5.32 Å². The zero-order valence-corrected chi connectivity index (χ0v) is 15.3. The van der Waals surface area contributed by atoms with Gasteiger partial charge in [0.25, 0.3) is 5.91 Å². The molecule has 0 bridgehead atoms. The Kier molecular flexibility index (Phi) is 5.21. The van der Waals surface area contributed by atoms with Gasteiger partial charge in [-0.05, 0) is 48.5 Å². The van der Waals surface area contributed by atoms with Gasteiger partial charge in [-0.25, -0.2) is 23.1 Å². The number of amides is 1. The maximum atomic E-state index is 13.5. The molecule has 0 atom stereocenters. The first-order valence-corrected chi connectivity index (χ1v) is 8.81. The molecule has 0 radical (unpaired) electrons. The van der Waals surface area contributed by atoms with E-state index in [-0.39, 0.29) is 11.3 Å². The average molecular weight is 406 g/mol. The highest BCUT2D eigenvalue weighted by molar-refractivity contribution is 6.08. The van der Waals surface area contributed by atoms with Crippen molar-refractivity contribution in [3.05, 3.63) is 96.2 Å². The molecule has 30 heavy (non-hydrogen) atoms. The van der Waals surface area contributed by atoms with E-state index in [0.717, 1.165) is 12.1 Å². The van der Waals surface area contributed by atoms with E-state index >= 15 is 0 Å². The standard InChI is InChI=1S/C22H13F3N4O/c23-15-3-1-14(2-4-15)21-27-12-17(20(29-21)13-7-9-26-10-8-13)22(30)28-16-5-6-18(24)19(25)11-16/h1-12H,(H,28,30). The first-order valence-electron chi connectivity index (χ1n) is 8.81. The predicted octanol–water partition coefficient (Wildman–Crippen LogP) is 4.88. The molecule has 0 unspecified atom stereocenters. The topological polar surface area (TPSA) is 67.8 Å². The van der Waals surface area contributed by atoms with Gasteiger partial charge in [-0.1, -0.05) is 0 Å². The summed E-state index contributed by atoms with van der Waals surface area (Å²) in [4.78, 5) is 25.5. The van der Waals surface area contributed by atoms with Crippen LogP contribution in [0.5, 0.6) is 0 Å². The molecule has 8 heteroatoms. The summed E-state index contributed by atoms with van der Waals surface area (Å²) < 4.78 is 39.8. The van der Waals surface area contributed by atoms with Gasteiger partial charge in [0.1, 0.15) is 5.82 Å². The third-order valence-corrected chi connectivity index (χ3v) is 4.27.